The van der Waals surface area contributed by atoms with Crippen molar-refractivity contribution in [2.24, 2.45) is 0 Å². The minimum atomic E-state index is -1.98. The molecular weight excluding hydrogens is 1230 g/mol. The number of unbranched alkanes of at least 4 members (excludes halogenated alkanes) is 27. The molecule has 3 aliphatic rings. The number of carbonyl (C=O) groups is 1. The van der Waals surface area contributed by atoms with Gasteiger partial charge in [-0.2, -0.15) is 0 Å². The molecule has 0 spiro atoms. The first-order valence-electron chi connectivity index (χ1n) is 37.5. The topological polar surface area (TPSA) is 307 Å². The van der Waals surface area contributed by atoms with Gasteiger partial charge in [0.2, 0.25) is 5.91 Å². The smallest absolute Gasteiger partial charge is 0.220 e. The van der Waals surface area contributed by atoms with Crippen LogP contribution in [0, 0.1) is 0 Å². The van der Waals surface area contributed by atoms with E-state index in [4.69, 9.17) is 28.4 Å². The van der Waals surface area contributed by atoms with Crippen molar-refractivity contribution in [1.29, 1.82) is 0 Å². The first-order valence-corrected chi connectivity index (χ1v) is 37.5. The van der Waals surface area contributed by atoms with Gasteiger partial charge in [-0.3, -0.25) is 4.79 Å². The van der Waals surface area contributed by atoms with Crippen molar-refractivity contribution in [1.82, 2.24) is 5.32 Å². The number of amides is 1. The van der Waals surface area contributed by atoms with Crippen LogP contribution >= 0.6 is 0 Å². The Bertz CT molecular complexity index is 2110. The molecule has 17 unspecified atom stereocenters. The van der Waals surface area contributed by atoms with Crippen molar-refractivity contribution in [2.45, 2.75) is 356 Å². The minimum absolute atomic E-state index is 0.225. The molecule has 3 aliphatic heterocycles. The third-order valence-electron chi connectivity index (χ3n) is 18.1. The van der Waals surface area contributed by atoms with Gasteiger partial charge in [-0.15, -0.1) is 0 Å². The number of rotatable bonds is 57. The molecule has 3 heterocycles. The zero-order chi connectivity index (χ0) is 69.6. The molecular formula is C77H133NO18. The van der Waals surface area contributed by atoms with Crippen molar-refractivity contribution in [3.8, 4) is 0 Å². The molecule has 17 atom stereocenters. The Morgan fingerprint density at radius 1 is 0.385 bits per heavy atom. The summed E-state index contributed by atoms with van der Waals surface area (Å²) in [5.74, 6) is -0.289. The summed E-state index contributed by atoms with van der Waals surface area (Å²) in [6.07, 6.45) is 49.4. The molecule has 3 rings (SSSR count). The van der Waals surface area contributed by atoms with Crippen LogP contribution in [0.4, 0.5) is 0 Å². The number of carbonyl (C=O) groups excluding carboxylic acids is 1. The maximum Gasteiger partial charge on any atom is 0.220 e. The van der Waals surface area contributed by atoms with Crippen LogP contribution in [0.5, 0.6) is 0 Å². The number of hydrogen-bond acceptors (Lipinski definition) is 18. The zero-order valence-electron chi connectivity index (χ0n) is 58.8. The van der Waals surface area contributed by atoms with Gasteiger partial charge in [0.25, 0.3) is 0 Å². The Morgan fingerprint density at radius 2 is 0.719 bits per heavy atom. The van der Waals surface area contributed by atoms with E-state index >= 15 is 0 Å². The fraction of sp³-hybridized carbons (Fsp3) is 0.779. The summed E-state index contributed by atoms with van der Waals surface area (Å²) in [4.78, 5) is 13.4. The predicted octanol–water partition coefficient (Wildman–Crippen LogP) is 11.2. The van der Waals surface area contributed by atoms with Gasteiger partial charge in [0.15, 0.2) is 18.9 Å². The van der Waals surface area contributed by atoms with Gasteiger partial charge in [-0.25, -0.2) is 0 Å². The summed E-state index contributed by atoms with van der Waals surface area (Å²) < 4.78 is 34.4. The van der Waals surface area contributed by atoms with Crippen LogP contribution in [0.2, 0.25) is 0 Å². The third kappa shape index (κ3) is 37.9. The third-order valence-corrected chi connectivity index (χ3v) is 18.1. The molecule has 3 saturated heterocycles. The zero-order valence-corrected chi connectivity index (χ0v) is 58.8. The maximum atomic E-state index is 13.4. The first-order chi connectivity index (χ1) is 46.8. The summed E-state index contributed by atoms with van der Waals surface area (Å²) in [6, 6.07) is -0.987. The maximum absolute atomic E-state index is 13.4. The number of allylic oxidation sites excluding steroid dienone is 15. The van der Waals surface area contributed by atoms with Gasteiger partial charge in [0, 0.05) is 6.42 Å². The normalized spacial score (nSPS) is 27.6. The van der Waals surface area contributed by atoms with E-state index in [1.165, 1.54) is 109 Å². The quantitative estimate of drug-likeness (QED) is 0.0199. The highest BCUT2D eigenvalue weighted by Gasteiger charge is 2.53. The number of nitrogens with one attached hydrogen (secondary N) is 1. The number of aliphatic hydroxyl groups excluding tert-OH is 11. The van der Waals surface area contributed by atoms with Crippen molar-refractivity contribution >= 4 is 5.91 Å². The van der Waals surface area contributed by atoms with Gasteiger partial charge in [0.1, 0.15) is 73.2 Å². The van der Waals surface area contributed by atoms with E-state index in [0.29, 0.717) is 6.42 Å². The van der Waals surface area contributed by atoms with E-state index in [1.54, 1.807) is 6.08 Å². The van der Waals surface area contributed by atoms with Crippen LogP contribution in [0.25, 0.3) is 0 Å². The number of hydrogen-bond donors (Lipinski definition) is 12. The van der Waals surface area contributed by atoms with Gasteiger partial charge >= 0.3 is 0 Å². The summed E-state index contributed by atoms with van der Waals surface area (Å²) in [7, 11) is 0. The number of aliphatic hydroxyl groups is 11. The Kier molecular flexibility index (Phi) is 51.9. The second-order valence-corrected chi connectivity index (χ2v) is 26.4. The van der Waals surface area contributed by atoms with E-state index in [0.717, 1.165) is 116 Å². The molecule has 0 aliphatic carbocycles. The van der Waals surface area contributed by atoms with E-state index in [-0.39, 0.29) is 18.9 Å². The van der Waals surface area contributed by atoms with Crippen LogP contribution in [0.1, 0.15) is 251 Å². The largest absolute Gasteiger partial charge is 0.394 e. The Balaban J connectivity index is 1.42. The highest BCUT2D eigenvalue weighted by Crippen LogP contribution is 2.33. The van der Waals surface area contributed by atoms with E-state index in [9.17, 15) is 61.0 Å². The summed E-state index contributed by atoms with van der Waals surface area (Å²) in [6.45, 7) is 1.62. The molecule has 19 nitrogen and oxygen atoms in total. The molecule has 19 heteroatoms. The molecule has 96 heavy (non-hydrogen) atoms. The van der Waals surface area contributed by atoms with Gasteiger partial charge in [0.05, 0.1) is 38.6 Å². The average Bonchev–Trinajstić information content (AvgIpc) is 0.787. The highest BCUT2D eigenvalue weighted by molar-refractivity contribution is 5.76. The fourth-order valence-corrected chi connectivity index (χ4v) is 12.1. The minimum Gasteiger partial charge on any atom is -0.394 e. The van der Waals surface area contributed by atoms with Crippen molar-refractivity contribution < 1.29 is 89.4 Å². The molecule has 0 bridgehead atoms. The SMILES string of the molecule is CC/C=C\C/C=C\C/C=C\C/C=C\C/C=C\C/C=C\C/C=C\CCCCCCCCCC(=O)NC(COC1OC(CO)C(OC2OC(CO)C(OC3OC(CO)C(O)C(O)C3O)C(O)C2O)C(O)C1O)C(O)/C=C/CCCCCCCCCCCCCCCCCCCCCC. The first kappa shape index (κ1) is 86.9. The second kappa shape index (κ2) is 57.3. The summed E-state index contributed by atoms with van der Waals surface area (Å²) in [5.41, 5.74) is 0. The lowest BCUT2D eigenvalue weighted by Gasteiger charge is -2.48. The lowest BCUT2D eigenvalue weighted by Crippen LogP contribution is -2.66. The molecule has 0 radical (unpaired) electrons. The Labute approximate surface area is 577 Å². The predicted molar refractivity (Wildman–Crippen MR) is 378 cm³/mol. The van der Waals surface area contributed by atoms with Gasteiger partial charge < -0.3 is 89.9 Å². The lowest BCUT2D eigenvalue weighted by atomic mass is 9.96. The number of ether oxygens (including phenoxy) is 6. The highest BCUT2D eigenvalue weighted by atomic mass is 16.8. The Morgan fingerprint density at radius 3 is 1.12 bits per heavy atom. The van der Waals surface area contributed by atoms with Crippen LogP contribution in [-0.4, -0.2) is 193 Å². The molecule has 0 aromatic carbocycles. The van der Waals surface area contributed by atoms with Crippen LogP contribution in [0.3, 0.4) is 0 Å². The average molecular weight is 1360 g/mol. The molecule has 0 aromatic heterocycles. The van der Waals surface area contributed by atoms with Gasteiger partial charge in [-0.05, 0) is 77.0 Å². The second-order valence-electron chi connectivity index (χ2n) is 26.4. The molecule has 3 fully saturated rings. The van der Waals surface area contributed by atoms with E-state index < -0.39 is 124 Å². The molecule has 0 saturated carbocycles. The van der Waals surface area contributed by atoms with Crippen molar-refractivity contribution in [2.75, 3.05) is 26.4 Å². The van der Waals surface area contributed by atoms with Crippen molar-refractivity contribution in [3.63, 3.8) is 0 Å². The van der Waals surface area contributed by atoms with Crippen molar-refractivity contribution in [3.05, 3.63) is 97.2 Å². The van der Waals surface area contributed by atoms with Gasteiger partial charge in [-0.1, -0.05) is 265 Å². The monoisotopic (exact) mass is 1360 g/mol. The molecule has 554 valence electrons. The lowest BCUT2D eigenvalue weighted by molar-refractivity contribution is -0.379. The molecule has 1 amide bonds. The molecule has 12 N–H and O–H groups in total. The van der Waals surface area contributed by atoms with Crippen LogP contribution in [-0.2, 0) is 33.2 Å². The fourth-order valence-electron chi connectivity index (χ4n) is 12.1. The standard InChI is InChI=1S/C77H133NO18/c1-3-5-7-9-11-13-15-17-19-21-23-25-27-28-29-30-31-32-33-35-37-39-41-43-45-47-49-51-53-55-65(83)78-60(61(82)54-52-50-48-46-44-42-40-38-36-34-26-24-22-20-18-16-14-12-10-8-6-4-2)59-91-75-71(89)68(86)73(63(57-80)93-75)96-77-72(90)69(87)74(64(58-81)94-77)95-76-70(88)67(85)66(84)62(56-79)92-76/h5,7,11,13,17,19,23,25,28-29,31-32,35,37,52,54,60-64,66-77,79-82,84-90H,3-4,6,8-10,12,14-16,18,20-22,24,26-27,30,33-34,36,38-51,53,55-59H2,1-2H3,(H,78,83)/b7-5-,13-11-,19-17-,25-23-,29-28-,32-31-,37-35-,54-52+. The van der Waals surface area contributed by atoms with E-state index in [2.05, 4.69) is 104 Å². The summed E-state index contributed by atoms with van der Waals surface area (Å²) >= 11 is 0. The van der Waals surface area contributed by atoms with Crippen LogP contribution < -0.4 is 5.32 Å². The summed E-state index contributed by atoms with van der Waals surface area (Å²) in [5, 5.41) is 121. The Hall–Kier alpha value is -3.29. The van der Waals surface area contributed by atoms with Crippen LogP contribution in [0.15, 0.2) is 97.2 Å². The molecule has 0 aromatic rings. The van der Waals surface area contributed by atoms with E-state index in [1.807, 2.05) is 6.08 Å².